The minimum Gasteiger partial charge on any atom is -0.456 e. The molecule has 142 valence electrons. The summed E-state index contributed by atoms with van der Waals surface area (Å²) in [6.07, 6.45) is -6.97. The zero-order valence-electron chi connectivity index (χ0n) is 14.5. The second-order valence-corrected chi connectivity index (χ2v) is 5.74. The topological polar surface area (TPSA) is 88.1 Å². The second kappa shape index (κ2) is 8.37. The average molecular weight is 364 g/mol. The van der Waals surface area contributed by atoms with Crippen LogP contribution in [0.4, 0.5) is 8.78 Å². The lowest BCUT2D eigenvalue weighted by molar-refractivity contribution is -0.281. The van der Waals surface area contributed by atoms with Crippen LogP contribution in [-0.4, -0.2) is 54.4 Å². The molecule has 0 saturated carbocycles. The van der Waals surface area contributed by atoms with E-state index >= 15 is 0 Å². The van der Waals surface area contributed by atoms with E-state index in [1.54, 1.807) is 0 Å². The van der Waals surface area contributed by atoms with Crippen molar-refractivity contribution in [3.05, 3.63) is 12.7 Å². The smallest absolute Gasteiger partial charge is 0.303 e. The van der Waals surface area contributed by atoms with E-state index in [4.69, 9.17) is 18.9 Å². The Morgan fingerprint density at radius 1 is 1.00 bits per heavy atom. The second-order valence-electron chi connectivity index (χ2n) is 5.74. The van der Waals surface area contributed by atoms with Gasteiger partial charge in [0, 0.05) is 27.2 Å². The maximum absolute atomic E-state index is 14.4. The summed E-state index contributed by atoms with van der Waals surface area (Å²) in [5.74, 6) is -5.86. The summed E-state index contributed by atoms with van der Waals surface area (Å²) in [4.78, 5) is 34.1. The van der Waals surface area contributed by atoms with Crippen LogP contribution in [0.2, 0.25) is 0 Å². The van der Waals surface area contributed by atoms with Gasteiger partial charge < -0.3 is 18.9 Å². The highest BCUT2D eigenvalue weighted by molar-refractivity contribution is 5.68. The van der Waals surface area contributed by atoms with Crippen molar-refractivity contribution in [2.75, 3.05) is 0 Å². The molecule has 0 N–H and O–H groups in total. The molecule has 0 bridgehead atoms. The molecule has 1 saturated heterocycles. The minimum atomic E-state index is -3.45. The number of ether oxygens (including phenoxy) is 4. The predicted molar refractivity (Wildman–Crippen MR) is 80.8 cm³/mol. The molecule has 0 aromatic carbocycles. The molecule has 0 unspecified atom stereocenters. The first-order valence-corrected chi connectivity index (χ1v) is 7.65. The fraction of sp³-hybridized carbons (Fsp3) is 0.688. The Balaban J connectivity index is 3.31. The van der Waals surface area contributed by atoms with Gasteiger partial charge in [-0.05, 0) is 6.92 Å². The zero-order chi connectivity index (χ0) is 19.4. The highest BCUT2D eigenvalue weighted by atomic mass is 19.3. The molecular formula is C16H22F2O7. The number of hydrogen-bond donors (Lipinski definition) is 0. The van der Waals surface area contributed by atoms with Crippen LogP contribution in [0.3, 0.4) is 0 Å². The van der Waals surface area contributed by atoms with Crippen LogP contribution in [0.15, 0.2) is 12.7 Å². The molecule has 0 spiro atoms. The molecule has 0 aromatic heterocycles. The maximum Gasteiger partial charge on any atom is 0.303 e. The third kappa shape index (κ3) is 5.48. The monoisotopic (exact) mass is 364 g/mol. The van der Waals surface area contributed by atoms with Crippen LogP contribution in [0.5, 0.6) is 0 Å². The molecule has 25 heavy (non-hydrogen) atoms. The van der Waals surface area contributed by atoms with Crippen molar-refractivity contribution in [2.45, 2.75) is 70.6 Å². The third-order valence-electron chi connectivity index (χ3n) is 3.51. The first-order valence-electron chi connectivity index (χ1n) is 7.65. The highest BCUT2D eigenvalue weighted by Gasteiger charge is 2.58. The number of rotatable bonds is 6. The predicted octanol–water partition coefficient (Wildman–Crippen LogP) is 1.78. The van der Waals surface area contributed by atoms with E-state index in [2.05, 4.69) is 6.58 Å². The van der Waals surface area contributed by atoms with Crippen LogP contribution < -0.4 is 0 Å². The summed E-state index contributed by atoms with van der Waals surface area (Å²) in [5.41, 5.74) is 0. The Morgan fingerprint density at radius 3 is 1.88 bits per heavy atom. The van der Waals surface area contributed by atoms with Crippen LogP contribution in [0, 0.1) is 0 Å². The van der Waals surface area contributed by atoms with Gasteiger partial charge in [0.25, 0.3) is 5.92 Å². The molecule has 1 aliphatic rings. The molecule has 0 aromatic rings. The number of hydrogen-bond acceptors (Lipinski definition) is 7. The standard InChI is InChI=1S/C16H22F2O7/c1-6-7-16(17,18)15-14(25-11(5)21)13(24-10(4)20)12(8(2)22-15)23-9(3)19/h6,8,12-15H,1,7H2,2-5H3/t8-,12+,13+,14-,15+/m0/s1. The SMILES string of the molecule is C=CCC(F)(F)[C@@H]1O[C@@H](C)[C@@H](OC(C)=O)[C@@H](OC(C)=O)[C@@H]1OC(C)=O. The van der Waals surface area contributed by atoms with Crippen molar-refractivity contribution in [3.8, 4) is 0 Å². The van der Waals surface area contributed by atoms with Gasteiger partial charge in [0.1, 0.15) is 0 Å². The zero-order valence-corrected chi connectivity index (χ0v) is 14.5. The lowest BCUT2D eigenvalue weighted by atomic mass is 9.90. The molecule has 1 aliphatic heterocycles. The van der Waals surface area contributed by atoms with Crippen molar-refractivity contribution >= 4 is 17.9 Å². The molecule has 1 rings (SSSR count). The van der Waals surface area contributed by atoms with E-state index in [0.29, 0.717) is 0 Å². The van der Waals surface area contributed by atoms with Crippen molar-refractivity contribution in [1.29, 1.82) is 0 Å². The van der Waals surface area contributed by atoms with Gasteiger partial charge in [0.05, 0.1) is 6.10 Å². The van der Waals surface area contributed by atoms with Crippen molar-refractivity contribution in [2.24, 2.45) is 0 Å². The fourth-order valence-corrected chi connectivity index (χ4v) is 2.66. The van der Waals surface area contributed by atoms with Gasteiger partial charge in [0.2, 0.25) is 0 Å². The quantitative estimate of drug-likeness (QED) is 0.403. The summed E-state index contributed by atoms with van der Waals surface area (Å²) in [5, 5.41) is 0. The van der Waals surface area contributed by atoms with Crippen LogP contribution >= 0.6 is 0 Å². The van der Waals surface area contributed by atoms with E-state index in [1.165, 1.54) is 6.92 Å². The van der Waals surface area contributed by atoms with Gasteiger partial charge in [-0.15, -0.1) is 6.58 Å². The van der Waals surface area contributed by atoms with E-state index in [-0.39, 0.29) is 0 Å². The van der Waals surface area contributed by atoms with E-state index in [1.807, 2.05) is 0 Å². The lowest BCUT2D eigenvalue weighted by Crippen LogP contribution is -2.64. The van der Waals surface area contributed by atoms with Crippen molar-refractivity contribution in [3.63, 3.8) is 0 Å². The van der Waals surface area contributed by atoms with E-state index in [0.717, 1.165) is 26.8 Å². The molecule has 0 aliphatic carbocycles. The summed E-state index contributed by atoms with van der Waals surface area (Å²) < 4.78 is 49.3. The number of allylic oxidation sites excluding steroid dienone is 1. The van der Waals surface area contributed by atoms with Gasteiger partial charge >= 0.3 is 17.9 Å². The molecular weight excluding hydrogens is 342 g/mol. The normalized spacial score (nSPS) is 29.4. The highest BCUT2D eigenvalue weighted by Crippen LogP contribution is 2.38. The minimum absolute atomic E-state index is 0.726. The Hall–Kier alpha value is -2.03. The van der Waals surface area contributed by atoms with Crippen LogP contribution in [0.1, 0.15) is 34.1 Å². The van der Waals surface area contributed by atoms with Crippen molar-refractivity contribution in [1.82, 2.24) is 0 Å². The summed E-state index contributed by atoms with van der Waals surface area (Å²) >= 11 is 0. The average Bonchev–Trinajstić information content (AvgIpc) is 2.43. The Kier molecular flexibility index (Phi) is 7.04. The number of halogens is 2. The Bertz CT molecular complexity index is 535. The number of carbonyl (C=O) groups is 3. The van der Waals surface area contributed by atoms with E-state index in [9.17, 15) is 23.2 Å². The van der Waals surface area contributed by atoms with Gasteiger partial charge in [-0.1, -0.05) is 6.08 Å². The van der Waals surface area contributed by atoms with Gasteiger partial charge in [-0.3, -0.25) is 14.4 Å². The summed E-state index contributed by atoms with van der Waals surface area (Å²) in [6, 6.07) is 0. The largest absolute Gasteiger partial charge is 0.456 e. The number of esters is 3. The third-order valence-corrected chi connectivity index (χ3v) is 3.51. The molecule has 1 fully saturated rings. The molecule has 0 radical (unpaired) electrons. The first-order chi connectivity index (χ1) is 11.5. The fourth-order valence-electron chi connectivity index (χ4n) is 2.66. The molecule has 9 heteroatoms. The summed E-state index contributed by atoms with van der Waals surface area (Å²) in [6.45, 7) is 7.85. The lowest BCUT2D eigenvalue weighted by Gasteiger charge is -2.45. The Labute approximate surface area is 144 Å². The number of carbonyl (C=O) groups excluding carboxylic acids is 3. The molecule has 0 amide bonds. The van der Waals surface area contributed by atoms with Gasteiger partial charge in [-0.2, -0.15) is 0 Å². The molecule has 1 heterocycles. The van der Waals surface area contributed by atoms with Crippen molar-refractivity contribution < 1.29 is 42.1 Å². The summed E-state index contributed by atoms with van der Waals surface area (Å²) in [7, 11) is 0. The molecule has 7 nitrogen and oxygen atoms in total. The maximum atomic E-state index is 14.4. The van der Waals surface area contributed by atoms with Gasteiger partial charge in [-0.25, -0.2) is 8.78 Å². The first kappa shape index (κ1) is 21.0. The van der Waals surface area contributed by atoms with Crippen LogP contribution in [0.25, 0.3) is 0 Å². The molecule has 5 atom stereocenters. The van der Waals surface area contributed by atoms with Gasteiger partial charge in [0.15, 0.2) is 24.4 Å². The Morgan fingerprint density at radius 2 is 1.44 bits per heavy atom. The van der Waals surface area contributed by atoms with E-state index < -0.39 is 60.8 Å². The number of alkyl halides is 2. The van der Waals surface area contributed by atoms with Crippen LogP contribution in [-0.2, 0) is 33.3 Å².